The lowest BCUT2D eigenvalue weighted by Gasteiger charge is -2.27. The standard InChI is InChI=1S/C13H20N2O2/c1-5-11(2)6-13(3,4)7-12(15-10-17)8-14-9-16/h8,11H,5-7H2,1-4H3. The molecular weight excluding hydrogens is 216 g/mol. The van der Waals surface area contributed by atoms with E-state index >= 15 is 0 Å². The Labute approximate surface area is 103 Å². The van der Waals surface area contributed by atoms with Crippen LogP contribution in [0.3, 0.4) is 0 Å². The van der Waals surface area contributed by atoms with Gasteiger partial charge >= 0.3 is 0 Å². The fraction of sp³-hybridized carbons (Fsp3) is 0.692. The Morgan fingerprint density at radius 3 is 2.47 bits per heavy atom. The fourth-order valence-corrected chi connectivity index (χ4v) is 1.92. The van der Waals surface area contributed by atoms with Crippen molar-refractivity contribution in [1.82, 2.24) is 0 Å². The average Bonchev–Trinajstić information content (AvgIpc) is 2.25. The highest BCUT2D eigenvalue weighted by Crippen LogP contribution is 2.33. The molecule has 0 amide bonds. The van der Waals surface area contributed by atoms with E-state index in [-0.39, 0.29) is 5.41 Å². The second-order valence-electron chi connectivity index (χ2n) is 5.10. The first-order valence-corrected chi connectivity index (χ1v) is 5.79. The number of hydrogen-bond acceptors (Lipinski definition) is 4. The van der Waals surface area contributed by atoms with Gasteiger partial charge in [-0.15, -0.1) is 0 Å². The lowest BCUT2D eigenvalue weighted by Crippen LogP contribution is -2.16. The predicted octanol–water partition coefficient (Wildman–Crippen LogP) is 3.35. The summed E-state index contributed by atoms with van der Waals surface area (Å²) < 4.78 is 0. The average molecular weight is 236 g/mol. The number of hydrogen-bond donors (Lipinski definition) is 0. The molecule has 0 aliphatic rings. The topological polar surface area (TPSA) is 58.9 Å². The number of aliphatic imine (C=N–C) groups is 2. The molecule has 1 atom stereocenters. The number of isocyanates is 2. The van der Waals surface area contributed by atoms with Crippen LogP contribution in [0.1, 0.15) is 47.0 Å². The van der Waals surface area contributed by atoms with Gasteiger partial charge in [0.25, 0.3) is 0 Å². The molecule has 1 unspecified atom stereocenters. The van der Waals surface area contributed by atoms with Crippen LogP contribution in [-0.4, -0.2) is 12.2 Å². The maximum atomic E-state index is 10.3. The van der Waals surface area contributed by atoms with Crippen LogP contribution in [-0.2, 0) is 9.59 Å². The second kappa shape index (κ2) is 7.72. The molecule has 0 N–H and O–H groups in total. The van der Waals surface area contributed by atoms with Gasteiger partial charge in [-0.05, 0) is 24.2 Å². The molecule has 0 heterocycles. The molecule has 0 saturated carbocycles. The van der Waals surface area contributed by atoms with Crippen LogP contribution < -0.4 is 0 Å². The highest BCUT2D eigenvalue weighted by Gasteiger charge is 2.22. The quantitative estimate of drug-likeness (QED) is 0.502. The van der Waals surface area contributed by atoms with Crippen molar-refractivity contribution in [2.45, 2.75) is 47.0 Å². The smallest absolute Gasteiger partial charge is 0.211 e. The monoisotopic (exact) mass is 236 g/mol. The maximum absolute atomic E-state index is 10.3. The van der Waals surface area contributed by atoms with Crippen molar-refractivity contribution in [3.63, 3.8) is 0 Å². The third-order valence-corrected chi connectivity index (χ3v) is 2.71. The molecule has 0 fully saturated rings. The van der Waals surface area contributed by atoms with E-state index in [1.54, 1.807) is 0 Å². The van der Waals surface area contributed by atoms with Gasteiger partial charge < -0.3 is 0 Å². The third kappa shape index (κ3) is 7.40. The molecule has 0 bridgehead atoms. The Hall–Kier alpha value is -1.50. The van der Waals surface area contributed by atoms with Crippen molar-refractivity contribution in [3.05, 3.63) is 11.9 Å². The van der Waals surface area contributed by atoms with Crippen LogP contribution in [0.15, 0.2) is 21.9 Å². The minimum Gasteiger partial charge on any atom is -0.211 e. The summed E-state index contributed by atoms with van der Waals surface area (Å²) >= 11 is 0. The van der Waals surface area contributed by atoms with Crippen molar-refractivity contribution < 1.29 is 9.59 Å². The van der Waals surface area contributed by atoms with Crippen molar-refractivity contribution in [3.8, 4) is 0 Å². The summed E-state index contributed by atoms with van der Waals surface area (Å²) in [7, 11) is 0. The van der Waals surface area contributed by atoms with Crippen molar-refractivity contribution in [2.24, 2.45) is 21.3 Å². The summed E-state index contributed by atoms with van der Waals surface area (Å²) in [6, 6.07) is 0. The molecular formula is C13H20N2O2. The first-order chi connectivity index (χ1) is 7.95. The molecule has 4 nitrogen and oxygen atoms in total. The van der Waals surface area contributed by atoms with Gasteiger partial charge in [0.1, 0.15) is 0 Å². The van der Waals surface area contributed by atoms with Crippen LogP contribution in [0, 0.1) is 11.3 Å². The Bertz CT molecular complexity index is 360. The zero-order chi connectivity index (χ0) is 13.3. The molecule has 0 aromatic carbocycles. The second-order valence-corrected chi connectivity index (χ2v) is 5.10. The van der Waals surface area contributed by atoms with E-state index in [9.17, 15) is 9.59 Å². The van der Waals surface area contributed by atoms with E-state index in [1.165, 1.54) is 18.4 Å². The molecule has 0 rings (SSSR count). The summed E-state index contributed by atoms with van der Waals surface area (Å²) in [4.78, 5) is 27.2. The van der Waals surface area contributed by atoms with E-state index in [0.29, 0.717) is 18.0 Å². The number of nitrogens with zero attached hydrogens (tertiary/aromatic N) is 2. The van der Waals surface area contributed by atoms with E-state index in [0.717, 1.165) is 12.8 Å². The Kier molecular flexibility index (Phi) is 7.04. The van der Waals surface area contributed by atoms with Gasteiger partial charge in [0.2, 0.25) is 12.2 Å². The Balaban J connectivity index is 4.73. The zero-order valence-electron chi connectivity index (χ0n) is 11.0. The first-order valence-electron chi connectivity index (χ1n) is 5.79. The minimum absolute atomic E-state index is 0.0139. The normalized spacial score (nSPS) is 13.5. The molecule has 0 saturated heterocycles. The number of carbonyl (C=O) groups excluding carboxylic acids is 2. The molecule has 0 aliphatic heterocycles. The predicted molar refractivity (Wildman–Crippen MR) is 66.8 cm³/mol. The molecule has 4 heteroatoms. The molecule has 17 heavy (non-hydrogen) atoms. The van der Waals surface area contributed by atoms with Gasteiger partial charge in [-0.25, -0.2) is 9.59 Å². The maximum Gasteiger partial charge on any atom is 0.240 e. The lowest BCUT2D eigenvalue weighted by molar-refractivity contribution is 0.269. The Morgan fingerprint density at radius 1 is 1.35 bits per heavy atom. The van der Waals surface area contributed by atoms with Crippen LogP contribution >= 0.6 is 0 Å². The van der Waals surface area contributed by atoms with Crippen LogP contribution in [0.4, 0.5) is 0 Å². The third-order valence-electron chi connectivity index (χ3n) is 2.71. The van der Waals surface area contributed by atoms with Gasteiger partial charge in [0.05, 0.1) is 11.9 Å². The summed E-state index contributed by atoms with van der Waals surface area (Å²) in [5.41, 5.74) is 0.483. The van der Waals surface area contributed by atoms with Crippen molar-refractivity contribution in [1.29, 1.82) is 0 Å². The fourth-order valence-electron chi connectivity index (χ4n) is 1.92. The summed E-state index contributed by atoms with van der Waals surface area (Å²) in [6.45, 7) is 8.56. The first kappa shape index (κ1) is 15.5. The van der Waals surface area contributed by atoms with E-state index in [1.807, 2.05) is 0 Å². The summed E-state index contributed by atoms with van der Waals surface area (Å²) in [6.07, 6.45) is 6.90. The van der Waals surface area contributed by atoms with E-state index in [4.69, 9.17) is 0 Å². The van der Waals surface area contributed by atoms with Crippen LogP contribution in [0.5, 0.6) is 0 Å². The van der Waals surface area contributed by atoms with Gasteiger partial charge in [0.15, 0.2) is 0 Å². The molecule has 0 aliphatic carbocycles. The summed E-state index contributed by atoms with van der Waals surface area (Å²) in [5.74, 6) is 0.612. The zero-order valence-corrected chi connectivity index (χ0v) is 11.0. The van der Waals surface area contributed by atoms with Crippen LogP contribution in [0.25, 0.3) is 0 Å². The molecule has 94 valence electrons. The van der Waals surface area contributed by atoms with E-state index < -0.39 is 0 Å². The van der Waals surface area contributed by atoms with Gasteiger partial charge in [0, 0.05) is 0 Å². The highest BCUT2D eigenvalue weighted by atomic mass is 16.1. The van der Waals surface area contributed by atoms with Gasteiger partial charge in [-0.3, -0.25) is 0 Å². The molecule has 0 spiro atoms. The van der Waals surface area contributed by atoms with E-state index in [2.05, 4.69) is 37.7 Å². The molecule has 0 aromatic rings. The summed E-state index contributed by atoms with van der Waals surface area (Å²) in [5, 5.41) is 0. The van der Waals surface area contributed by atoms with Gasteiger partial charge in [-0.1, -0.05) is 34.1 Å². The SMILES string of the molecule is CCC(C)CC(C)(C)CC(=CN=C=O)N=C=O. The number of allylic oxidation sites excluding steroid dienone is 1. The Morgan fingerprint density at radius 2 is 2.00 bits per heavy atom. The molecule has 0 aromatic heterocycles. The largest absolute Gasteiger partial charge is 0.240 e. The lowest BCUT2D eigenvalue weighted by atomic mass is 9.79. The number of rotatable bonds is 7. The van der Waals surface area contributed by atoms with Crippen molar-refractivity contribution >= 4 is 12.2 Å². The van der Waals surface area contributed by atoms with Crippen LogP contribution in [0.2, 0.25) is 0 Å². The van der Waals surface area contributed by atoms with Gasteiger partial charge in [-0.2, -0.15) is 9.98 Å². The minimum atomic E-state index is 0.0139. The molecule has 0 radical (unpaired) electrons. The highest BCUT2D eigenvalue weighted by molar-refractivity contribution is 5.39. The van der Waals surface area contributed by atoms with Crippen molar-refractivity contribution in [2.75, 3.05) is 0 Å².